The molecule has 6 heteroatoms. The van der Waals surface area contributed by atoms with Crippen molar-refractivity contribution in [3.63, 3.8) is 0 Å². The summed E-state index contributed by atoms with van der Waals surface area (Å²) in [6.45, 7) is 2.18. The van der Waals surface area contributed by atoms with Gasteiger partial charge in [-0.25, -0.2) is 0 Å². The second-order valence-corrected chi connectivity index (χ2v) is 6.96. The van der Waals surface area contributed by atoms with E-state index in [-0.39, 0.29) is 18.4 Å². The molecule has 0 fully saturated rings. The Hall–Kier alpha value is -3.02. The highest BCUT2D eigenvalue weighted by molar-refractivity contribution is 6.03. The molecule has 1 aliphatic rings. The molecule has 6 nitrogen and oxygen atoms in total. The minimum atomic E-state index is -0.600. The van der Waals surface area contributed by atoms with Crippen molar-refractivity contribution >= 4 is 23.2 Å². The minimum absolute atomic E-state index is 0.00414. The van der Waals surface area contributed by atoms with Crippen LogP contribution in [-0.4, -0.2) is 50.5 Å². The number of amides is 2. The zero-order valence-electron chi connectivity index (χ0n) is 16.2. The summed E-state index contributed by atoms with van der Waals surface area (Å²) in [6, 6.07) is 15.4. The summed E-state index contributed by atoms with van der Waals surface area (Å²) in [5.41, 5.74) is 2.79. The quantitative estimate of drug-likeness (QED) is 0.815. The van der Waals surface area contributed by atoms with Crippen LogP contribution in [0, 0.1) is 0 Å². The molecule has 1 aliphatic heterocycles. The van der Waals surface area contributed by atoms with E-state index >= 15 is 0 Å². The number of fused-ring (bicyclic) bond motifs is 1. The van der Waals surface area contributed by atoms with Crippen LogP contribution in [0.3, 0.4) is 0 Å². The molecule has 0 saturated carbocycles. The van der Waals surface area contributed by atoms with E-state index < -0.39 is 6.10 Å². The lowest BCUT2D eigenvalue weighted by molar-refractivity contribution is -0.132. The van der Waals surface area contributed by atoms with Crippen LogP contribution in [0.5, 0.6) is 5.75 Å². The molecule has 142 valence electrons. The Morgan fingerprint density at radius 2 is 1.74 bits per heavy atom. The van der Waals surface area contributed by atoms with Crippen LogP contribution < -0.4 is 14.5 Å². The molecule has 0 N–H and O–H groups in total. The van der Waals surface area contributed by atoms with Crippen molar-refractivity contribution in [2.45, 2.75) is 19.6 Å². The molecule has 0 saturated heterocycles. The summed E-state index contributed by atoms with van der Waals surface area (Å²) in [4.78, 5) is 30.4. The van der Waals surface area contributed by atoms with Gasteiger partial charge in [-0.05, 0) is 36.8 Å². The zero-order chi connectivity index (χ0) is 19.6. The molecule has 2 aromatic rings. The average Bonchev–Trinajstić information content (AvgIpc) is 2.65. The van der Waals surface area contributed by atoms with Crippen LogP contribution in [0.2, 0.25) is 0 Å². The molecule has 0 spiro atoms. The Balaban J connectivity index is 1.70. The number of anilines is 2. The van der Waals surface area contributed by atoms with Crippen molar-refractivity contribution in [3.05, 3.63) is 54.1 Å². The molecule has 0 bridgehead atoms. The van der Waals surface area contributed by atoms with E-state index in [1.807, 2.05) is 61.5 Å². The third-order valence-electron chi connectivity index (χ3n) is 4.67. The first-order valence-corrected chi connectivity index (χ1v) is 8.94. The third-order valence-corrected chi connectivity index (χ3v) is 4.67. The van der Waals surface area contributed by atoms with E-state index in [1.165, 1.54) is 4.90 Å². The van der Waals surface area contributed by atoms with Crippen LogP contribution >= 0.6 is 0 Å². The Morgan fingerprint density at radius 3 is 2.41 bits per heavy atom. The second-order valence-electron chi connectivity index (χ2n) is 6.96. The van der Waals surface area contributed by atoms with Crippen molar-refractivity contribution in [1.29, 1.82) is 0 Å². The highest BCUT2D eigenvalue weighted by atomic mass is 16.5. The van der Waals surface area contributed by atoms with E-state index in [2.05, 4.69) is 0 Å². The SMILES string of the molecule is C[C@@H]1Oc2ccccc2N(CC(=O)N(C)Cc2ccc(N(C)C)cc2)C1=O. The van der Waals surface area contributed by atoms with E-state index in [0.29, 0.717) is 18.0 Å². The minimum Gasteiger partial charge on any atom is -0.479 e. The average molecular weight is 367 g/mol. The molecule has 27 heavy (non-hydrogen) atoms. The number of hydrogen-bond acceptors (Lipinski definition) is 4. The lowest BCUT2D eigenvalue weighted by Gasteiger charge is -2.33. The number of carbonyl (C=O) groups is 2. The van der Waals surface area contributed by atoms with Gasteiger partial charge in [-0.2, -0.15) is 0 Å². The number of carbonyl (C=O) groups excluding carboxylic acids is 2. The fourth-order valence-electron chi connectivity index (χ4n) is 3.04. The molecule has 0 radical (unpaired) electrons. The van der Waals surface area contributed by atoms with Crippen LogP contribution in [-0.2, 0) is 16.1 Å². The van der Waals surface area contributed by atoms with E-state index in [9.17, 15) is 9.59 Å². The van der Waals surface area contributed by atoms with Gasteiger partial charge in [-0.1, -0.05) is 24.3 Å². The molecule has 1 heterocycles. The maximum absolute atomic E-state index is 12.7. The van der Waals surface area contributed by atoms with E-state index in [1.54, 1.807) is 24.9 Å². The number of nitrogens with zero attached hydrogens (tertiary/aromatic N) is 3. The summed E-state index contributed by atoms with van der Waals surface area (Å²) in [7, 11) is 5.73. The van der Waals surface area contributed by atoms with Crippen LogP contribution in [0.15, 0.2) is 48.5 Å². The van der Waals surface area contributed by atoms with Crippen molar-refractivity contribution in [3.8, 4) is 5.75 Å². The van der Waals surface area contributed by atoms with Gasteiger partial charge in [-0.3, -0.25) is 14.5 Å². The smallest absolute Gasteiger partial charge is 0.268 e. The van der Waals surface area contributed by atoms with Gasteiger partial charge in [0.15, 0.2) is 6.10 Å². The summed E-state index contributed by atoms with van der Waals surface area (Å²) in [5.74, 6) is 0.300. The zero-order valence-corrected chi connectivity index (χ0v) is 16.2. The predicted molar refractivity (Wildman–Crippen MR) is 106 cm³/mol. The summed E-state index contributed by atoms with van der Waals surface area (Å²) in [5, 5.41) is 0. The number of likely N-dealkylation sites (N-methyl/N-ethyl adjacent to an activating group) is 1. The summed E-state index contributed by atoms with van der Waals surface area (Å²) < 4.78 is 5.62. The van der Waals surface area contributed by atoms with Crippen molar-refractivity contribution < 1.29 is 14.3 Å². The Kier molecular flexibility index (Phi) is 5.35. The van der Waals surface area contributed by atoms with Gasteiger partial charge in [0.1, 0.15) is 12.3 Å². The van der Waals surface area contributed by atoms with E-state index in [4.69, 9.17) is 4.74 Å². The Morgan fingerprint density at radius 1 is 1.07 bits per heavy atom. The fraction of sp³-hybridized carbons (Fsp3) is 0.333. The maximum atomic E-state index is 12.7. The number of benzene rings is 2. The number of ether oxygens (including phenoxy) is 1. The molecule has 2 aromatic carbocycles. The number of rotatable bonds is 5. The van der Waals surface area contributed by atoms with Gasteiger partial charge in [-0.15, -0.1) is 0 Å². The second kappa shape index (κ2) is 7.70. The molecule has 0 aromatic heterocycles. The highest BCUT2D eigenvalue weighted by Gasteiger charge is 2.33. The van der Waals surface area contributed by atoms with Crippen LogP contribution in [0.4, 0.5) is 11.4 Å². The molecular formula is C21H25N3O3. The molecule has 2 amide bonds. The predicted octanol–water partition coefficient (Wildman–Crippen LogP) is 2.53. The normalized spacial score (nSPS) is 15.8. The lowest BCUT2D eigenvalue weighted by atomic mass is 10.1. The third kappa shape index (κ3) is 4.05. The number of para-hydroxylation sites is 2. The Bertz CT molecular complexity index is 833. The Labute approximate surface area is 159 Å². The van der Waals surface area contributed by atoms with E-state index in [0.717, 1.165) is 11.3 Å². The fourth-order valence-corrected chi connectivity index (χ4v) is 3.04. The topological polar surface area (TPSA) is 53.1 Å². The molecule has 0 unspecified atom stereocenters. The van der Waals surface area contributed by atoms with Gasteiger partial charge in [0.25, 0.3) is 5.91 Å². The molecule has 3 rings (SSSR count). The highest BCUT2D eigenvalue weighted by Crippen LogP contribution is 2.33. The van der Waals surface area contributed by atoms with Crippen LogP contribution in [0.25, 0.3) is 0 Å². The van der Waals surface area contributed by atoms with Gasteiger partial charge in [0.05, 0.1) is 5.69 Å². The first kappa shape index (κ1) is 18.8. The van der Waals surface area contributed by atoms with Crippen molar-refractivity contribution in [2.75, 3.05) is 37.5 Å². The van der Waals surface area contributed by atoms with Gasteiger partial charge < -0.3 is 14.5 Å². The first-order valence-electron chi connectivity index (χ1n) is 8.94. The van der Waals surface area contributed by atoms with Gasteiger partial charge in [0, 0.05) is 33.4 Å². The summed E-state index contributed by atoms with van der Waals surface area (Å²) >= 11 is 0. The first-order chi connectivity index (χ1) is 12.9. The standard InChI is InChI=1S/C21H25N3O3/c1-15-21(26)24(18-7-5-6-8-19(18)27-15)14-20(25)23(4)13-16-9-11-17(12-10-16)22(2)3/h5-12,15H,13-14H2,1-4H3/t15-/m0/s1. The lowest BCUT2D eigenvalue weighted by Crippen LogP contribution is -2.48. The van der Waals surface area contributed by atoms with Crippen LogP contribution in [0.1, 0.15) is 12.5 Å². The van der Waals surface area contributed by atoms with Gasteiger partial charge >= 0.3 is 0 Å². The maximum Gasteiger partial charge on any atom is 0.268 e. The molecule has 1 atom stereocenters. The molecular weight excluding hydrogens is 342 g/mol. The molecule has 0 aliphatic carbocycles. The summed E-state index contributed by atoms with van der Waals surface area (Å²) in [6.07, 6.45) is -0.600. The van der Waals surface area contributed by atoms with Crippen molar-refractivity contribution in [2.24, 2.45) is 0 Å². The number of hydrogen-bond donors (Lipinski definition) is 0. The van der Waals surface area contributed by atoms with Gasteiger partial charge in [0.2, 0.25) is 5.91 Å². The largest absolute Gasteiger partial charge is 0.479 e. The monoisotopic (exact) mass is 367 g/mol. The van der Waals surface area contributed by atoms with Crippen molar-refractivity contribution in [1.82, 2.24) is 4.90 Å².